The molecule has 0 aromatic heterocycles. The van der Waals surface area contributed by atoms with E-state index in [9.17, 15) is 9.59 Å². The third-order valence-electron chi connectivity index (χ3n) is 0.922. The molecule has 68 valence electrons. The maximum Gasteiger partial charge on any atom is 0.345 e. The third kappa shape index (κ3) is 3.25. The number of hydrogen-bond donors (Lipinski definition) is 0. The van der Waals surface area contributed by atoms with E-state index in [0.717, 1.165) is 0 Å². The van der Waals surface area contributed by atoms with Gasteiger partial charge in [-0.25, -0.2) is 9.59 Å². The van der Waals surface area contributed by atoms with Gasteiger partial charge >= 0.3 is 11.9 Å². The molecule has 0 aromatic carbocycles. The largest absolute Gasteiger partial charge is 0.465 e. The Morgan fingerprint density at radius 2 is 1.17 bits per heavy atom. The zero-order chi connectivity index (χ0) is 9.72. The van der Waals surface area contributed by atoms with Crippen molar-refractivity contribution in [3.8, 4) is 0 Å². The predicted molar refractivity (Wildman–Crippen MR) is 59.1 cm³/mol. The lowest BCUT2D eigenvalue weighted by Crippen LogP contribution is -2.07. The van der Waals surface area contributed by atoms with Gasteiger partial charge in [-0.05, 0) is 45.2 Å². The quantitative estimate of drug-likeness (QED) is 0.403. The third-order valence-corrected chi connectivity index (χ3v) is 3.91. The molecular weight excluding hydrogens is 390 g/mol. The summed E-state index contributed by atoms with van der Waals surface area (Å²) in [5.41, 5.74) is 0. The average molecular weight is 396 g/mol. The van der Waals surface area contributed by atoms with Gasteiger partial charge in [0.15, 0.2) is 0 Å². The highest BCUT2D eigenvalue weighted by atomic mass is 127. The summed E-state index contributed by atoms with van der Waals surface area (Å²) in [6.07, 6.45) is 0. The van der Waals surface area contributed by atoms with E-state index in [-0.39, 0.29) is 7.16 Å². The summed E-state index contributed by atoms with van der Waals surface area (Å²) in [5, 5.41) is 0. The van der Waals surface area contributed by atoms with Crippen LogP contribution < -0.4 is 0 Å². The zero-order valence-electron chi connectivity index (χ0n) is 6.39. The van der Waals surface area contributed by atoms with Crippen molar-refractivity contribution in [1.82, 2.24) is 0 Å². The Morgan fingerprint density at radius 3 is 1.33 bits per heavy atom. The molecular formula is C6H6I2O4. The number of rotatable bonds is 2. The number of halogens is 2. The number of carbonyl (C=O) groups is 2. The molecule has 0 bridgehead atoms. The van der Waals surface area contributed by atoms with Crippen LogP contribution >= 0.6 is 45.2 Å². The molecule has 0 atom stereocenters. The summed E-state index contributed by atoms with van der Waals surface area (Å²) < 4.78 is 9.27. The first-order chi connectivity index (χ1) is 5.54. The Balaban J connectivity index is 4.68. The molecule has 4 nitrogen and oxygen atoms in total. The fourth-order valence-electron chi connectivity index (χ4n) is 0.358. The van der Waals surface area contributed by atoms with Gasteiger partial charge in [0.05, 0.1) is 14.2 Å². The fourth-order valence-corrected chi connectivity index (χ4v) is 1.24. The van der Waals surface area contributed by atoms with Crippen LogP contribution in [0.1, 0.15) is 0 Å². The second kappa shape index (κ2) is 5.73. The summed E-state index contributed by atoms with van der Waals surface area (Å²) in [5.74, 6) is -1.07. The smallest absolute Gasteiger partial charge is 0.345 e. The van der Waals surface area contributed by atoms with Gasteiger partial charge in [0.25, 0.3) is 0 Å². The molecule has 0 spiro atoms. The van der Waals surface area contributed by atoms with Crippen molar-refractivity contribution in [2.24, 2.45) is 0 Å². The second-order valence-corrected chi connectivity index (χ2v) is 3.77. The first-order valence-electron chi connectivity index (χ1n) is 2.76. The van der Waals surface area contributed by atoms with E-state index >= 15 is 0 Å². The van der Waals surface area contributed by atoms with E-state index < -0.39 is 11.9 Å². The molecule has 0 aromatic rings. The number of esters is 2. The number of methoxy groups -OCH3 is 2. The van der Waals surface area contributed by atoms with Crippen molar-refractivity contribution < 1.29 is 19.1 Å². The maximum absolute atomic E-state index is 10.9. The number of ether oxygens (including phenoxy) is 2. The lowest BCUT2D eigenvalue weighted by Gasteiger charge is -2.00. The van der Waals surface area contributed by atoms with E-state index in [4.69, 9.17) is 0 Å². The SMILES string of the molecule is COC(=O)/C(I)=C(\I)C(=O)OC. The Morgan fingerprint density at radius 1 is 0.917 bits per heavy atom. The van der Waals surface area contributed by atoms with Gasteiger partial charge in [0.1, 0.15) is 7.16 Å². The average Bonchev–Trinajstić information content (AvgIpc) is 2.12. The minimum Gasteiger partial charge on any atom is -0.465 e. The first kappa shape index (κ1) is 12.1. The van der Waals surface area contributed by atoms with Gasteiger partial charge in [-0.3, -0.25) is 0 Å². The molecule has 0 aliphatic heterocycles. The van der Waals surface area contributed by atoms with Gasteiger partial charge in [0.2, 0.25) is 0 Å². The Kier molecular flexibility index (Phi) is 5.80. The van der Waals surface area contributed by atoms with Crippen LogP contribution in [-0.4, -0.2) is 26.2 Å². The Labute approximate surface area is 96.9 Å². The molecule has 0 saturated heterocycles. The van der Waals surface area contributed by atoms with E-state index in [1.807, 2.05) is 0 Å². The van der Waals surface area contributed by atoms with E-state index in [2.05, 4.69) is 9.47 Å². The van der Waals surface area contributed by atoms with E-state index in [0.29, 0.717) is 0 Å². The molecule has 0 amide bonds. The maximum atomic E-state index is 10.9. The minimum atomic E-state index is -0.537. The molecule has 0 N–H and O–H groups in total. The predicted octanol–water partition coefficient (Wildman–Crippen LogP) is 1.41. The summed E-state index contributed by atoms with van der Waals surface area (Å²) in [6, 6.07) is 0. The van der Waals surface area contributed by atoms with Gasteiger partial charge in [0, 0.05) is 0 Å². The van der Waals surface area contributed by atoms with Gasteiger partial charge < -0.3 is 9.47 Å². The first-order valence-corrected chi connectivity index (χ1v) is 4.92. The van der Waals surface area contributed by atoms with E-state index in [1.54, 1.807) is 45.2 Å². The van der Waals surface area contributed by atoms with Crippen LogP contribution in [0.5, 0.6) is 0 Å². The molecule has 0 radical (unpaired) electrons. The van der Waals surface area contributed by atoms with Crippen LogP contribution in [0.2, 0.25) is 0 Å². The summed E-state index contributed by atoms with van der Waals surface area (Å²) >= 11 is 3.46. The second-order valence-electron chi connectivity index (χ2n) is 1.61. The van der Waals surface area contributed by atoms with Crippen molar-refractivity contribution in [1.29, 1.82) is 0 Å². The van der Waals surface area contributed by atoms with Crippen LogP contribution in [0.4, 0.5) is 0 Å². The van der Waals surface area contributed by atoms with Crippen molar-refractivity contribution in [2.45, 2.75) is 0 Å². The van der Waals surface area contributed by atoms with Crippen LogP contribution in [0, 0.1) is 0 Å². The van der Waals surface area contributed by atoms with E-state index in [1.165, 1.54) is 14.2 Å². The molecule has 0 rings (SSSR count). The van der Waals surface area contributed by atoms with Crippen molar-refractivity contribution in [2.75, 3.05) is 14.2 Å². The molecule has 0 heterocycles. The fraction of sp³-hybridized carbons (Fsp3) is 0.333. The summed E-state index contributed by atoms with van der Waals surface area (Å²) in [6.45, 7) is 0. The zero-order valence-corrected chi connectivity index (χ0v) is 10.7. The van der Waals surface area contributed by atoms with Crippen molar-refractivity contribution in [3.05, 3.63) is 7.16 Å². The highest BCUT2D eigenvalue weighted by molar-refractivity contribution is 14.1. The minimum absolute atomic E-state index is 0.225. The topological polar surface area (TPSA) is 52.6 Å². The molecule has 0 aliphatic rings. The van der Waals surface area contributed by atoms with Gasteiger partial charge in [-0.1, -0.05) is 0 Å². The monoisotopic (exact) mass is 396 g/mol. The van der Waals surface area contributed by atoms with Crippen molar-refractivity contribution >= 4 is 57.1 Å². The molecule has 0 saturated carbocycles. The Bertz CT molecular complexity index is 210. The van der Waals surface area contributed by atoms with Crippen molar-refractivity contribution in [3.63, 3.8) is 0 Å². The lowest BCUT2D eigenvalue weighted by molar-refractivity contribution is -0.137. The highest BCUT2D eigenvalue weighted by Gasteiger charge is 2.16. The highest BCUT2D eigenvalue weighted by Crippen LogP contribution is 2.21. The summed E-state index contributed by atoms with van der Waals surface area (Å²) in [4.78, 5) is 21.7. The molecule has 12 heavy (non-hydrogen) atoms. The van der Waals surface area contributed by atoms with Crippen LogP contribution in [-0.2, 0) is 19.1 Å². The van der Waals surface area contributed by atoms with Gasteiger partial charge in [-0.15, -0.1) is 0 Å². The van der Waals surface area contributed by atoms with Crippen LogP contribution in [0.25, 0.3) is 0 Å². The number of carbonyl (C=O) groups excluding carboxylic acids is 2. The molecule has 0 aliphatic carbocycles. The van der Waals surface area contributed by atoms with Crippen LogP contribution in [0.3, 0.4) is 0 Å². The standard InChI is InChI=1S/C6H6I2O4/c1-11-5(9)3(7)4(8)6(10)12-2/h1-2H3/b4-3+. The molecule has 0 fully saturated rings. The Hall–Kier alpha value is 0.140. The summed E-state index contributed by atoms with van der Waals surface area (Å²) in [7, 11) is 2.50. The normalized spacial score (nSPS) is 11.7. The lowest BCUT2D eigenvalue weighted by atomic mass is 10.5. The molecule has 6 heteroatoms. The number of hydrogen-bond acceptors (Lipinski definition) is 4. The molecule has 0 unspecified atom stereocenters. The van der Waals surface area contributed by atoms with Crippen LogP contribution in [0.15, 0.2) is 7.16 Å². The van der Waals surface area contributed by atoms with Gasteiger partial charge in [-0.2, -0.15) is 0 Å².